The minimum atomic E-state index is -0.233. The molecule has 1 spiro atoms. The molecule has 18 heavy (non-hydrogen) atoms. The van der Waals surface area contributed by atoms with Gasteiger partial charge in [-0.25, -0.2) is 0 Å². The summed E-state index contributed by atoms with van der Waals surface area (Å²) in [7, 11) is 0. The topological polar surface area (TPSA) is 72.3 Å². The summed E-state index contributed by atoms with van der Waals surface area (Å²) in [4.78, 5) is 13.4. The van der Waals surface area contributed by atoms with Crippen LogP contribution in [-0.2, 0) is 4.79 Å². The summed E-state index contributed by atoms with van der Waals surface area (Å²) in [5.41, 5.74) is 11.7. The third kappa shape index (κ3) is 3.23. The number of rotatable bonds is 4. The number of carbonyl (C=O) groups excluding carboxylic acids is 1. The van der Waals surface area contributed by atoms with Gasteiger partial charge in [-0.05, 0) is 44.2 Å². The van der Waals surface area contributed by atoms with Crippen molar-refractivity contribution in [3.8, 4) is 0 Å². The largest absolute Gasteiger partial charge is 0.370 e. The predicted octanol–water partition coefficient (Wildman–Crippen LogP) is 1.24. The average molecular weight is 253 g/mol. The molecule has 1 atom stereocenters. The van der Waals surface area contributed by atoms with E-state index >= 15 is 0 Å². The number of carbonyl (C=O) groups is 1. The van der Waals surface area contributed by atoms with Gasteiger partial charge < -0.3 is 11.5 Å². The number of primary amides is 1. The van der Waals surface area contributed by atoms with Crippen LogP contribution in [0.2, 0.25) is 0 Å². The second-order valence-corrected chi connectivity index (χ2v) is 6.16. The van der Waals surface area contributed by atoms with Crippen LogP contribution in [0.5, 0.6) is 0 Å². The Bertz CT molecular complexity index is 277. The van der Waals surface area contributed by atoms with E-state index < -0.39 is 0 Å². The fourth-order valence-electron chi connectivity index (χ4n) is 3.76. The lowest BCUT2D eigenvalue weighted by atomic mass is 9.68. The summed E-state index contributed by atoms with van der Waals surface area (Å²) in [5, 5.41) is 0. The van der Waals surface area contributed by atoms with E-state index in [1.165, 1.54) is 44.9 Å². The molecule has 0 aromatic carbocycles. The fourth-order valence-corrected chi connectivity index (χ4v) is 3.76. The van der Waals surface area contributed by atoms with Gasteiger partial charge in [0.15, 0.2) is 0 Å². The Balaban J connectivity index is 1.86. The monoisotopic (exact) mass is 253 g/mol. The maximum Gasteiger partial charge on any atom is 0.219 e. The molecule has 1 saturated heterocycles. The first-order valence-electron chi connectivity index (χ1n) is 7.38. The molecule has 4 nitrogen and oxygen atoms in total. The van der Waals surface area contributed by atoms with E-state index in [9.17, 15) is 4.79 Å². The highest BCUT2D eigenvalue weighted by Gasteiger charge is 2.36. The fraction of sp³-hybridized carbons (Fsp3) is 0.929. The van der Waals surface area contributed by atoms with Crippen molar-refractivity contribution in [1.29, 1.82) is 0 Å². The molecule has 4 heteroatoms. The molecule has 2 aliphatic rings. The van der Waals surface area contributed by atoms with Crippen LogP contribution < -0.4 is 11.5 Å². The number of hydrogen-bond donors (Lipinski definition) is 2. The van der Waals surface area contributed by atoms with Crippen molar-refractivity contribution in [1.82, 2.24) is 4.90 Å². The van der Waals surface area contributed by atoms with Gasteiger partial charge in [-0.15, -0.1) is 0 Å². The Morgan fingerprint density at radius 2 is 1.72 bits per heavy atom. The highest BCUT2D eigenvalue weighted by Crippen LogP contribution is 2.44. The molecular weight excluding hydrogens is 226 g/mol. The van der Waals surface area contributed by atoms with Gasteiger partial charge in [0.1, 0.15) is 0 Å². The van der Waals surface area contributed by atoms with Crippen LogP contribution >= 0.6 is 0 Å². The average Bonchev–Trinajstić information content (AvgIpc) is 2.38. The molecule has 104 valence electrons. The Labute approximate surface area is 110 Å². The SMILES string of the molecule is NCC(CC(N)=O)N1CCC2(CCCCC2)CC1. The number of amides is 1. The predicted molar refractivity (Wildman–Crippen MR) is 73.0 cm³/mol. The highest BCUT2D eigenvalue weighted by atomic mass is 16.1. The Hall–Kier alpha value is -0.610. The lowest BCUT2D eigenvalue weighted by molar-refractivity contribution is -0.119. The molecule has 2 fully saturated rings. The van der Waals surface area contributed by atoms with Crippen molar-refractivity contribution < 1.29 is 4.79 Å². The van der Waals surface area contributed by atoms with Crippen molar-refractivity contribution >= 4 is 5.91 Å². The number of hydrogen-bond acceptors (Lipinski definition) is 3. The summed E-state index contributed by atoms with van der Waals surface area (Å²) < 4.78 is 0. The molecule has 0 aromatic rings. The van der Waals surface area contributed by atoms with Crippen molar-refractivity contribution in [3.63, 3.8) is 0 Å². The molecule has 1 heterocycles. The zero-order valence-corrected chi connectivity index (χ0v) is 11.4. The second-order valence-electron chi connectivity index (χ2n) is 6.16. The maximum absolute atomic E-state index is 11.0. The Morgan fingerprint density at radius 3 is 2.22 bits per heavy atom. The summed E-state index contributed by atoms with van der Waals surface area (Å²) in [6.07, 6.45) is 10.0. The third-order valence-corrected chi connectivity index (χ3v) is 5.00. The van der Waals surface area contributed by atoms with Gasteiger partial charge in [0.2, 0.25) is 5.91 Å². The summed E-state index contributed by atoms with van der Waals surface area (Å²) in [6.45, 7) is 2.72. The molecule has 0 bridgehead atoms. The maximum atomic E-state index is 11.0. The van der Waals surface area contributed by atoms with E-state index in [4.69, 9.17) is 11.5 Å². The second kappa shape index (κ2) is 6.02. The summed E-state index contributed by atoms with van der Waals surface area (Å²) in [6, 6.07) is 0.156. The van der Waals surface area contributed by atoms with Gasteiger partial charge in [-0.1, -0.05) is 19.3 Å². The minimum Gasteiger partial charge on any atom is -0.370 e. The molecule has 1 aliphatic heterocycles. The van der Waals surface area contributed by atoms with Crippen molar-refractivity contribution in [2.45, 2.75) is 57.4 Å². The summed E-state index contributed by atoms with van der Waals surface area (Å²) in [5.74, 6) is -0.233. The van der Waals surface area contributed by atoms with Crippen molar-refractivity contribution in [3.05, 3.63) is 0 Å². The van der Waals surface area contributed by atoms with Gasteiger partial charge >= 0.3 is 0 Å². The molecule has 1 unspecified atom stereocenters. The molecular formula is C14H27N3O. The first-order valence-corrected chi connectivity index (χ1v) is 7.38. The zero-order valence-electron chi connectivity index (χ0n) is 11.4. The van der Waals surface area contributed by atoms with Crippen LogP contribution in [-0.4, -0.2) is 36.5 Å². The van der Waals surface area contributed by atoms with Crippen LogP contribution in [0, 0.1) is 5.41 Å². The molecule has 1 saturated carbocycles. The number of likely N-dealkylation sites (tertiary alicyclic amines) is 1. The zero-order chi connectivity index (χ0) is 13.0. The standard InChI is InChI=1S/C14H27N3O/c15-11-12(10-13(16)18)17-8-6-14(7-9-17)4-2-1-3-5-14/h12H,1-11,15H2,(H2,16,18). The molecule has 0 radical (unpaired) electrons. The quantitative estimate of drug-likeness (QED) is 0.791. The molecule has 0 aromatic heterocycles. The van der Waals surface area contributed by atoms with Gasteiger partial charge in [-0.2, -0.15) is 0 Å². The molecule has 1 amide bonds. The van der Waals surface area contributed by atoms with Gasteiger partial charge in [0.05, 0.1) is 0 Å². The van der Waals surface area contributed by atoms with Gasteiger partial charge in [-0.3, -0.25) is 9.69 Å². The van der Waals surface area contributed by atoms with E-state index in [2.05, 4.69) is 4.90 Å². The van der Waals surface area contributed by atoms with Crippen LogP contribution in [0.4, 0.5) is 0 Å². The summed E-state index contributed by atoms with van der Waals surface area (Å²) >= 11 is 0. The number of piperidine rings is 1. The minimum absolute atomic E-state index is 0.156. The van der Waals surface area contributed by atoms with Crippen LogP contribution in [0.15, 0.2) is 0 Å². The number of nitrogens with zero attached hydrogens (tertiary/aromatic N) is 1. The Morgan fingerprint density at radius 1 is 1.11 bits per heavy atom. The molecule has 2 rings (SSSR count). The lowest BCUT2D eigenvalue weighted by Gasteiger charge is -2.46. The van der Waals surface area contributed by atoms with Crippen LogP contribution in [0.1, 0.15) is 51.4 Å². The number of nitrogens with two attached hydrogens (primary N) is 2. The lowest BCUT2D eigenvalue weighted by Crippen LogP contribution is -2.49. The molecule has 4 N–H and O–H groups in total. The van der Waals surface area contributed by atoms with E-state index in [0.717, 1.165) is 13.1 Å². The van der Waals surface area contributed by atoms with Crippen LogP contribution in [0.25, 0.3) is 0 Å². The van der Waals surface area contributed by atoms with Crippen molar-refractivity contribution in [2.75, 3.05) is 19.6 Å². The normalized spacial score (nSPS) is 26.1. The Kier molecular flexibility index (Phi) is 4.62. The third-order valence-electron chi connectivity index (χ3n) is 5.00. The van der Waals surface area contributed by atoms with E-state index in [1.54, 1.807) is 0 Å². The van der Waals surface area contributed by atoms with E-state index in [0.29, 0.717) is 18.4 Å². The van der Waals surface area contributed by atoms with Gasteiger partial charge in [0.25, 0.3) is 0 Å². The first kappa shape index (κ1) is 13.8. The molecule has 1 aliphatic carbocycles. The smallest absolute Gasteiger partial charge is 0.219 e. The van der Waals surface area contributed by atoms with E-state index in [1.807, 2.05) is 0 Å². The van der Waals surface area contributed by atoms with E-state index in [-0.39, 0.29) is 11.9 Å². The van der Waals surface area contributed by atoms with Crippen molar-refractivity contribution in [2.24, 2.45) is 16.9 Å². The van der Waals surface area contributed by atoms with Crippen LogP contribution in [0.3, 0.4) is 0 Å². The van der Waals surface area contributed by atoms with Gasteiger partial charge in [0, 0.05) is 19.0 Å². The highest BCUT2D eigenvalue weighted by molar-refractivity contribution is 5.74. The first-order chi connectivity index (χ1) is 8.65.